The average molecular weight is 308 g/mol. The van der Waals surface area contributed by atoms with Crippen LogP contribution in [0.4, 0.5) is 0 Å². The maximum Gasteiger partial charge on any atom is 0.124 e. The molecule has 0 fully saturated rings. The van der Waals surface area contributed by atoms with Gasteiger partial charge >= 0.3 is 0 Å². The van der Waals surface area contributed by atoms with Gasteiger partial charge in [0.05, 0.1) is 16.9 Å². The Morgan fingerprint density at radius 2 is 1.86 bits per heavy atom. The van der Waals surface area contributed by atoms with Gasteiger partial charge in [-0.1, -0.05) is 6.07 Å². The van der Waals surface area contributed by atoms with Crippen LogP contribution in [0.3, 0.4) is 0 Å². The molecule has 0 aliphatic carbocycles. The van der Waals surface area contributed by atoms with Gasteiger partial charge in [-0.3, -0.25) is 4.90 Å². The van der Waals surface area contributed by atoms with Crippen molar-refractivity contribution in [2.75, 3.05) is 6.54 Å². The molecule has 0 aliphatic rings. The third kappa shape index (κ3) is 3.58. The monoisotopic (exact) mass is 307 g/mol. The molecule has 2 aromatic rings. The molecule has 2 rings (SSSR count). The molecule has 0 saturated carbocycles. The van der Waals surface area contributed by atoms with Crippen molar-refractivity contribution in [3.63, 3.8) is 0 Å². The zero-order valence-corrected chi connectivity index (χ0v) is 14.5. The molecular weight excluding hydrogens is 282 g/mol. The second-order valence-electron chi connectivity index (χ2n) is 6.23. The molecule has 1 heterocycles. The molecule has 0 amide bonds. The quantitative estimate of drug-likeness (QED) is 0.746. The third-order valence-corrected chi connectivity index (χ3v) is 4.25. The Morgan fingerprint density at radius 3 is 2.43 bits per heavy atom. The lowest BCUT2D eigenvalue weighted by molar-refractivity contribution is 0.168. The van der Waals surface area contributed by atoms with Crippen molar-refractivity contribution in [3.8, 4) is 0 Å². The summed E-state index contributed by atoms with van der Waals surface area (Å²) < 4.78 is 2.26. The molecule has 21 heavy (non-hydrogen) atoms. The van der Waals surface area contributed by atoms with Gasteiger partial charge in [0.2, 0.25) is 0 Å². The van der Waals surface area contributed by atoms with Crippen LogP contribution in [0.2, 0.25) is 0 Å². The molecule has 0 unspecified atom stereocenters. The number of rotatable bonds is 6. The summed E-state index contributed by atoms with van der Waals surface area (Å²) in [5, 5.41) is 0. The van der Waals surface area contributed by atoms with Crippen molar-refractivity contribution in [1.82, 2.24) is 14.5 Å². The molecule has 0 radical (unpaired) electrons. The maximum absolute atomic E-state index is 6.09. The van der Waals surface area contributed by atoms with Crippen LogP contribution in [-0.4, -0.2) is 33.1 Å². The highest BCUT2D eigenvalue weighted by Gasteiger charge is 2.15. The summed E-state index contributed by atoms with van der Waals surface area (Å²) in [7, 11) is 0. The summed E-state index contributed by atoms with van der Waals surface area (Å²) in [6.07, 6.45) is 0. The second kappa shape index (κ2) is 6.80. The van der Waals surface area contributed by atoms with Crippen LogP contribution in [0.5, 0.6) is 0 Å². The van der Waals surface area contributed by atoms with Crippen molar-refractivity contribution >= 4 is 22.6 Å². The second-order valence-corrected chi connectivity index (χ2v) is 6.50. The number of aryl methyl sites for hydroxylation is 1. The van der Waals surface area contributed by atoms with E-state index in [-0.39, 0.29) is 0 Å². The zero-order valence-electron chi connectivity index (χ0n) is 13.7. The van der Waals surface area contributed by atoms with E-state index in [1.54, 1.807) is 0 Å². The van der Waals surface area contributed by atoms with Gasteiger partial charge in [0.15, 0.2) is 0 Å². The minimum atomic E-state index is 0.455. The van der Waals surface area contributed by atoms with Crippen molar-refractivity contribution in [2.24, 2.45) is 0 Å². The molecule has 0 N–H and O–H groups in total. The van der Waals surface area contributed by atoms with E-state index in [2.05, 4.69) is 67.3 Å². The lowest BCUT2D eigenvalue weighted by Gasteiger charge is -2.30. The number of aromatic nitrogens is 2. The van der Waals surface area contributed by atoms with Gasteiger partial charge < -0.3 is 4.57 Å². The first-order valence-corrected chi connectivity index (χ1v) is 8.25. The van der Waals surface area contributed by atoms with E-state index in [0.29, 0.717) is 18.0 Å². The van der Waals surface area contributed by atoms with E-state index in [4.69, 9.17) is 11.6 Å². The summed E-state index contributed by atoms with van der Waals surface area (Å²) >= 11 is 6.09. The van der Waals surface area contributed by atoms with Gasteiger partial charge in [0.25, 0.3) is 0 Å². The van der Waals surface area contributed by atoms with Crippen LogP contribution < -0.4 is 0 Å². The smallest absolute Gasteiger partial charge is 0.124 e. The van der Waals surface area contributed by atoms with Gasteiger partial charge in [-0.15, -0.1) is 11.6 Å². The Kier molecular flexibility index (Phi) is 5.28. The van der Waals surface area contributed by atoms with Crippen LogP contribution in [0.1, 0.15) is 39.1 Å². The highest BCUT2D eigenvalue weighted by molar-refractivity contribution is 6.16. The lowest BCUT2D eigenvalue weighted by Crippen LogP contribution is -2.39. The van der Waals surface area contributed by atoms with Crippen LogP contribution in [0, 0.1) is 6.92 Å². The molecule has 0 bridgehead atoms. The number of hydrogen-bond donors (Lipinski definition) is 0. The molecule has 0 atom stereocenters. The van der Waals surface area contributed by atoms with Crippen LogP contribution in [-0.2, 0) is 12.4 Å². The fourth-order valence-electron chi connectivity index (χ4n) is 2.97. The van der Waals surface area contributed by atoms with E-state index in [1.807, 2.05) is 0 Å². The molecule has 0 aliphatic heterocycles. The summed E-state index contributed by atoms with van der Waals surface area (Å²) in [4.78, 5) is 7.17. The first-order valence-electron chi connectivity index (χ1n) is 7.71. The normalized spacial score (nSPS) is 12.2. The molecule has 1 aromatic carbocycles. The summed E-state index contributed by atoms with van der Waals surface area (Å²) in [6, 6.07) is 7.51. The predicted octanol–water partition coefficient (Wildman–Crippen LogP) is 4.20. The molecule has 116 valence electrons. The van der Waals surface area contributed by atoms with E-state index in [0.717, 1.165) is 24.4 Å². The standard InChI is InChI=1S/C17H26ClN3/c1-12(2)20(13(3)4)8-9-21-16-7-6-14(5)10-15(16)19-17(21)11-18/h6-7,10,12-13H,8-9,11H2,1-5H3. The number of imidazole rings is 1. The van der Waals surface area contributed by atoms with Crippen molar-refractivity contribution in [1.29, 1.82) is 0 Å². The van der Waals surface area contributed by atoms with Crippen LogP contribution >= 0.6 is 11.6 Å². The number of fused-ring (bicyclic) bond motifs is 1. The van der Waals surface area contributed by atoms with E-state index in [9.17, 15) is 0 Å². The average Bonchev–Trinajstić information content (AvgIpc) is 2.75. The zero-order chi connectivity index (χ0) is 15.6. The first kappa shape index (κ1) is 16.3. The Bertz CT molecular complexity index is 593. The van der Waals surface area contributed by atoms with Gasteiger partial charge in [0, 0.05) is 25.2 Å². The van der Waals surface area contributed by atoms with Crippen molar-refractivity contribution in [2.45, 2.75) is 59.1 Å². The fraction of sp³-hybridized carbons (Fsp3) is 0.588. The maximum atomic E-state index is 6.09. The largest absolute Gasteiger partial charge is 0.326 e. The Morgan fingerprint density at radius 1 is 1.19 bits per heavy atom. The van der Waals surface area contributed by atoms with Gasteiger partial charge in [-0.2, -0.15) is 0 Å². The first-order chi connectivity index (χ1) is 9.93. The third-order valence-electron chi connectivity index (χ3n) is 4.01. The lowest BCUT2D eigenvalue weighted by atomic mass is 10.2. The van der Waals surface area contributed by atoms with E-state index < -0.39 is 0 Å². The van der Waals surface area contributed by atoms with E-state index >= 15 is 0 Å². The summed E-state index contributed by atoms with van der Waals surface area (Å²) in [6.45, 7) is 13.0. The molecule has 3 nitrogen and oxygen atoms in total. The van der Waals surface area contributed by atoms with Gasteiger partial charge in [-0.05, 0) is 52.3 Å². The topological polar surface area (TPSA) is 21.1 Å². The molecule has 0 saturated heterocycles. The summed E-state index contributed by atoms with van der Waals surface area (Å²) in [5.74, 6) is 1.42. The molecule has 4 heteroatoms. The highest BCUT2D eigenvalue weighted by Crippen LogP contribution is 2.19. The highest BCUT2D eigenvalue weighted by atomic mass is 35.5. The van der Waals surface area contributed by atoms with E-state index in [1.165, 1.54) is 11.1 Å². The number of benzene rings is 1. The Labute approximate surface area is 132 Å². The Hall–Kier alpha value is -1.06. The van der Waals surface area contributed by atoms with Crippen LogP contribution in [0.15, 0.2) is 18.2 Å². The Balaban J connectivity index is 2.28. The molecule has 0 spiro atoms. The van der Waals surface area contributed by atoms with Gasteiger partial charge in [-0.25, -0.2) is 4.98 Å². The number of alkyl halides is 1. The fourth-order valence-corrected chi connectivity index (χ4v) is 3.17. The van der Waals surface area contributed by atoms with Crippen LogP contribution in [0.25, 0.3) is 11.0 Å². The van der Waals surface area contributed by atoms with Gasteiger partial charge in [0.1, 0.15) is 5.82 Å². The number of nitrogens with zero attached hydrogens (tertiary/aromatic N) is 3. The minimum absolute atomic E-state index is 0.455. The summed E-state index contributed by atoms with van der Waals surface area (Å²) in [5.41, 5.74) is 3.47. The van der Waals surface area contributed by atoms with Crippen molar-refractivity contribution in [3.05, 3.63) is 29.6 Å². The SMILES string of the molecule is Cc1ccc2c(c1)nc(CCl)n2CCN(C(C)C)C(C)C. The predicted molar refractivity (Wildman–Crippen MR) is 91.0 cm³/mol. The molecular formula is C17H26ClN3. The number of halogens is 1. The van der Waals surface area contributed by atoms with Crippen molar-refractivity contribution < 1.29 is 0 Å². The molecule has 1 aromatic heterocycles. The minimum Gasteiger partial charge on any atom is -0.326 e. The number of hydrogen-bond acceptors (Lipinski definition) is 2.